The van der Waals surface area contributed by atoms with Gasteiger partial charge in [0.2, 0.25) is 15.9 Å². The van der Waals surface area contributed by atoms with Crippen LogP contribution in [0.2, 0.25) is 5.02 Å². The maximum absolute atomic E-state index is 12.1. The molecule has 0 radical (unpaired) electrons. The van der Waals surface area contributed by atoms with Crippen molar-refractivity contribution in [3.05, 3.63) is 71.8 Å². The molecule has 0 atom stereocenters. The lowest BCUT2D eigenvalue weighted by Crippen LogP contribution is -2.28. The number of hydrogen-bond acceptors (Lipinski definition) is 5. The molecule has 0 aliphatic rings. The van der Waals surface area contributed by atoms with Crippen molar-refractivity contribution < 1.29 is 13.2 Å². The molecular weight excluding hydrogens is 374 g/mol. The summed E-state index contributed by atoms with van der Waals surface area (Å²) in [6.45, 7) is 0.235. The van der Waals surface area contributed by atoms with Gasteiger partial charge in [0.1, 0.15) is 6.61 Å². The van der Waals surface area contributed by atoms with Crippen molar-refractivity contribution in [1.82, 2.24) is 14.9 Å². The van der Waals surface area contributed by atoms with Crippen LogP contribution in [0.1, 0.15) is 0 Å². The van der Waals surface area contributed by atoms with Gasteiger partial charge in [-0.05, 0) is 30.3 Å². The molecule has 1 heterocycles. The van der Waals surface area contributed by atoms with Crippen LogP contribution in [0.5, 0.6) is 5.88 Å². The molecule has 8 heteroatoms. The molecule has 0 saturated carbocycles. The molecular formula is C18H16ClN3O3S. The van der Waals surface area contributed by atoms with Crippen LogP contribution < -0.4 is 9.46 Å². The van der Waals surface area contributed by atoms with E-state index in [9.17, 15) is 8.42 Å². The van der Waals surface area contributed by atoms with Gasteiger partial charge < -0.3 is 4.74 Å². The minimum Gasteiger partial charge on any atom is -0.475 e. The third-order valence-electron chi connectivity index (χ3n) is 3.48. The number of halogens is 1. The van der Waals surface area contributed by atoms with Gasteiger partial charge in [-0.2, -0.15) is 0 Å². The number of sulfonamides is 1. The summed E-state index contributed by atoms with van der Waals surface area (Å²) < 4.78 is 32.1. The fourth-order valence-corrected chi connectivity index (χ4v) is 3.33. The Kier molecular flexibility index (Phi) is 5.82. The third-order valence-corrected chi connectivity index (χ3v) is 5.21. The van der Waals surface area contributed by atoms with Gasteiger partial charge in [0, 0.05) is 23.2 Å². The Morgan fingerprint density at radius 3 is 2.31 bits per heavy atom. The van der Waals surface area contributed by atoms with Crippen LogP contribution in [0.3, 0.4) is 0 Å². The number of nitrogens with one attached hydrogen (secondary N) is 1. The molecule has 0 unspecified atom stereocenters. The normalized spacial score (nSPS) is 11.3. The van der Waals surface area contributed by atoms with Gasteiger partial charge in [-0.3, -0.25) is 0 Å². The van der Waals surface area contributed by atoms with Crippen molar-refractivity contribution in [3.63, 3.8) is 0 Å². The highest BCUT2D eigenvalue weighted by Gasteiger charge is 2.13. The number of hydrogen-bond donors (Lipinski definition) is 1. The molecule has 0 saturated heterocycles. The molecule has 1 aromatic heterocycles. The van der Waals surface area contributed by atoms with Gasteiger partial charge in [-0.15, -0.1) is 10.2 Å². The van der Waals surface area contributed by atoms with Crippen LogP contribution in [0.15, 0.2) is 71.6 Å². The topological polar surface area (TPSA) is 81.2 Å². The predicted molar refractivity (Wildman–Crippen MR) is 99.6 cm³/mol. The van der Waals surface area contributed by atoms with Gasteiger partial charge in [0.05, 0.1) is 10.6 Å². The number of nitrogens with zero attached hydrogens (tertiary/aromatic N) is 2. The quantitative estimate of drug-likeness (QED) is 0.628. The fraction of sp³-hybridized carbons (Fsp3) is 0.111. The molecule has 0 fully saturated rings. The second-order valence-electron chi connectivity index (χ2n) is 5.32. The van der Waals surface area contributed by atoms with E-state index in [0.717, 1.165) is 11.3 Å². The molecule has 134 valence electrons. The maximum atomic E-state index is 12.1. The zero-order valence-electron chi connectivity index (χ0n) is 13.7. The fourth-order valence-electron chi connectivity index (χ4n) is 2.19. The lowest BCUT2D eigenvalue weighted by atomic mass is 10.1. The lowest BCUT2D eigenvalue weighted by Gasteiger charge is -2.08. The second-order valence-corrected chi connectivity index (χ2v) is 7.53. The largest absolute Gasteiger partial charge is 0.475 e. The highest BCUT2D eigenvalue weighted by molar-refractivity contribution is 7.89. The van der Waals surface area contributed by atoms with Crippen LogP contribution in [0.4, 0.5) is 0 Å². The van der Waals surface area contributed by atoms with Gasteiger partial charge in [0.15, 0.2) is 0 Å². The molecule has 2 aromatic carbocycles. The summed E-state index contributed by atoms with van der Waals surface area (Å²) >= 11 is 5.76. The Morgan fingerprint density at radius 2 is 1.65 bits per heavy atom. The number of aromatic nitrogens is 2. The minimum absolute atomic E-state index is 0.104. The summed E-state index contributed by atoms with van der Waals surface area (Å²) in [4.78, 5) is 0.147. The van der Waals surface area contributed by atoms with E-state index in [0.29, 0.717) is 10.9 Å². The Morgan fingerprint density at radius 1 is 0.923 bits per heavy atom. The highest BCUT2D eigenvalue weighted by atomic mass is 35.5. The second kappa shape index (κ2) is 8.27. The summed E-state index contributed by atoms with van der Waals surface area (Å²) in [5, 5.41) is 8.58. The van der Waals surface area contributed by atoms with Crippen LogP contribution in [-0.4, -0.2) is 31.8 Å². The molecule has 3 aromatic rings. The summed E-state index contributed by atoms with van der Waals surface area (Å²) in [6, 6.07) is 19.1. The molecule has 0 spiro atoms. The van der Waals surface area contributed by atoms with Crippen molar-refractivity contribution in [3.8, 4) is 17.1 Å². The molecule has 0 aliphatic carbocycles. The average molecular weight is 390 g/mol. The number of ether oxygens (including phenoxy) is 1. The minimum atomic E-state index is -3.60. The first-order valence-electron chi connectivity index (χ1n) is 7.82. The first-order valence-corrected chi connectivity index (χ1v) is 9.68. The monoisotopic (exact) mass is 389 g/mol. The SMILES string of the molecule is O=S(=O)(NCCOc1ccc(-c2ccccc2)nn1)c1ccc(Cl)cc1. The summed E-state index contributed by atoms with van der Waals surface area (Å²) in [7, 11) is -3.60. The molecule has 1 N–H and O–H groups in total. The van der Waals surface area contributed by atoms with Gasteiger partial charge in [-0.1, -0.05) is 41.9 Å². The van der Waals surface area contributed by atoms with Crippen molar-refractivity contribution in [2.45, 2.75) is 4.90 Å². The van der Waals surface area contributed by atoms with E-state index in [2.05, 4.69) is 14.9 Å². The molecule has 0 aliphatic heterocycles. The Labute approximate surface area is 156 Å². The number of rotatable bonds is 7. The van der Waals surface area contributed by atoms with Crippen LogP contribution in [0.25, 0.3) is 11.3 Å². The first kappa shape index (κ1) is 18.3. The Hall–Kier alpha value is -2.48. The highest BCUT2D eigenvalue weighted by Crippen LogP contribution is 2.17. The van der Waals surface area contributed by atoms with Crippen molar-refractivity contribution >= 4 is 21.6 Å². The van der Waals surface area contributed by atoms with E-state index in [1.165, 1.54) is 24.3 Å². The summed E-state index contributed by atoms with van der Waals surface area (Å²) in [6.07, 6.45) is 0. The lowest BCUT2D eigenvalue weighted by molar-refractivity contribution is 0.307. The molecule has 0 amide bonds. The van der Waals surface area contributed by atoms with E-state index < -0.39 is 10.0 Å². The van der Waals surface area contributed by atoms with Gasteiger partial charge in [-0.25, -0.2) is 13.1 Å². The van der Waals surface area contributed by atoms with Gasteiger partial charge >= 0.3 is 0 Å². The standard InChI is InChI=1S/C18H16ClN3O3S/c19-15-6-8-16(9-7-15)26(23,24)20-12-13-25-18-11-10-17(21-22-18)14-4-2-1-3-5-14/h1-11,20H,12-13H2. The average Bonchev–Trinajstić information content (AvgIpc) is 2.67. The molecule has 26 heavy (non-hydrogen) atoms. The molecule has 6 nitrogen and oxygen atoms in total. The molecule has 0 bridgehead atoms. The van der Waals surface area contributed by atoms with Gasteiger partial charge in [0.25, 0.3) is 0 Å². The first-order chi connectivity index (χ1) is 12.5. The smallest absolute Gasteiger partial charge is 0.240 e. The third kappa shape index (κ3) is 4.78. The van der Waals surface area contributed by atoms with Crippen molar-refractivity contribution in [2.24, 2.45) is 0 Å². The Bertz CT molecular complexity index is 947. The number of benzene rings is 2. The van der Waals surface area contributed by atoms with Crippen molar-refractivity contribution in [1.29, 1.82) is 0 Å². The van der Waals surface area contributed by atoms with E-state index in [4.69, 9.17) is 16.3 Å². The zero-order chi connectivity index (χ0) is 18.4. The predicted octanol–water partition coefficient (Wildman–Crippen LogP) is 3.15. The van der Waals surface area contributed by atoms with E-state index in [1.807, 2.05) is 30.3 Å². The van der Waals surface area contributed by atoms with E-state index in [-0.39, 0.29) is 18.0 Å². The zero-order valence-corrected chi connectivity index (χ0v) is 15.2. The van der Waals surface area contributed by atoms with Crippen molar-refractivity contribution in [2.75, 3.05) is 13.2 Å². The van der Waals surface area contributed by atoms with Crippen LogP contribution >= 0.6 is 11.6 Å². The molecule has 3 rings (SSSR count). The van der Waals surface area contributed by atoms with Crippen LogP contribution in [-0.2, 0) is 10.0 Å². The summed E-state index contributed by atoms with van der Waals surface area (Å²) in [5.41, 5.74) is 1.70. The maximum Gasteiger partial charge on any atom is 0.240 e. The van der Waals surface area contributed by atoms with E-state index >= 15 is 0 Å². The Balaban J connectivity index is 1.51. The van der Waals surface area contributed by atoms with Crippen LogP contribution in [0, 0.1) is 0 Å². The summed E-state index contributed by atoms with van der Waals surface area (Å²) in [5.74, 6) is 0.329. The van der Waals surface area contributed by atoms with E-state index in [1.54, 1.807) is 12.1 Å².